The first-order valence-electron chi connectivity index (χ1n) is 6.52. The second-order valence-corrected chi connectivity index (χ2v) is 4.68. The lowest BCUT2D eigenvalue weighted by molar-refractivity contribution is -0.132. The summed E-state index contributed by atoms with van der Waals surface area (Å²) in [5.41, 5.74) is 1.05. The van der Waals surface area contributed by atoms with E-state index in [0.717, 1.165) is 18.8 Å². The number of rotatable bonds is 3. The highest BCUT2D eigenvalue weighted by atomic mass is 16.2. The normalized spacial score (nSPS) is 17.8. The quantitative estimate of drug-likeness (QED) is 0.817. The molecule has 1 aromatic heterocycles. The van der Waals surface area contributed by atoms with Crippen LogP contribution in [-0.2, 0) is 4.79 Å². The first kappa shape index (κ1) is 13.5. The molecule has 1 saturated heterocycles. The monoisotopic (exact) mass is 258 g/mol. The van der Waals surface area contributed by atoms with Gasteiger partial charge in [0.2, 0.25) is 5.91 Å². The van der Waals surface area contributed by atoms with Crippen LogP contribution in [0.3, 0.4) is 0 Å². The molecule has 19 heavy (non-hydrogen) atoms. The molecule has 0 aromatic carbocycles. The first-order valence-corrected chi connectivity index (χ1v) is 6.52. The molecule has 1 aromatic rings. The SMILES string of the molecule is CC(c1ccccn1)N1CCN(C(=O)CC#N)CC1. The summed E-state index contributed by atoms with van der Waals surface area (Å²) in [6.07, 6.45) is 1.79. The van der Waals surface area contributed by atoms with Gasteiger partial charge >= 0.3 is 0 Å². The van der Waals surface area contributed by atoms with E-state index in [-0.39, 0.29) is 18.4 Å². The Hall–Kier alpha value is -1.93. The Balaban J connectivity index is 1.90. The topological polar surface area (TPSA) is 60.2 Å². The summed E-state index contributed by atoms with van der Waals surface area (Å²) in [6.45, 7) is 5.17. The van der Waals surface area contributed by atoms with E-state index in [2.05, 4.69) is 16.8 Å². The van der Waals surface area contributed by atoms with Crippen molar-refractivity contribution in [1.29, 1.82) is 5.26 Å². The summed E-state index contributed by atoms with van der Waals surface area (Å²) in [4.78, 5) is 20.1. The number of nitriles is 1. The summed E-state index contributed by atoms with van der Waals surface area (Å²) in [6, 6.07) is 8.10. The Morgan fingerprint density at radius 2 is 2.16 bits per heavy atom. The third-order valence-corrected chi connectivity index (χ3v) is 3.56. The highest BCUT2D eigenvalue weighted by Crippen LogP contribution is 2.19. The fourth-order valence-corrected chi connectivity index (χ4v) is 2.35. The molecule has 100 valence electrons. The average Bonchev–Trinajstić information content (AvgIpc) is 2.48. The number of piperazine rings is 1. The highest BCUT2D eigenvalue weighted by Gasteiger charge is 2.24. The number of carbonyl (C=O) groups is 1. The third kappa shape index (κ3) is 3.30. The minimum atomic E-state index is -0.0624. The van der Waals surface area contributed by atoms with Crippen molar-refractivity contribution >= 4 is 5.91 Å². The van der Waals surface area contributed by atoms with Crippen LogP contribution < -0.4 is 0 Å². The van der Waals surface area contributed by atoms with Crippen LogP contribution in [0.2, 0.25) is 0 Å². The van der Waals surface area contributed by atoms with Crippen molar-refractivity contribution in [2.24, 2.45) is 0 Å². The smallest absolute Gasteiger partial charge is 0.236 e. The third-order valence-electron chi connectivity index (χ3n) is 3.56. The van der Waals surface area contributed by atoms with Crippen LogP contribution in [0, 0.1) is 11.3 Å². The van der Waals surface area contributed by atoms with Crippen LogP contribution >= 0.6 is 0 Å². The molecule has 0 saturated carbocycles. The van der Waals surface area contributed by atoms with Gasteiger partial charge in [0.15, 0.2) is 0 Å². The van der Waals surface area contributed by atoms with Crippen molar-refractivity contribution in [3.8, 4) is 6.07 Å². The first-order chi connectivity index (χ1) is 9.22. The van der Waals surface area contributed by atoms with Crippen molar-refractivity contribution < 1.29 is 4.79 Å². The summed E-state index contributed by atoms with van der Waals surface area (Å²) in [5, 5.41) is 8.54. The van der Waals surface area contributed by atoms with Crippen molar-refractivity contribution in [3.63, 3.8) is 0 Å². The second-order valence-electron chi connectivity index (χ2n) is 4.68. The van der Waals surface area contributed by atoms with Gasteiger partial charge in [-0.05, 0) is 19.1 Å². The molecule has 0 radical (unpaired) electrons. The molecule has 1 fully saturated rings. The van der Waals surface area contributed by atoms with E-state index in [4.69, 9.17) is 5.26 Å². The van der Waals surface area contributed by atoms with E-state index in [1.54, 1.807) is 11.1 Å². The lowest BCUT2D eigenvalue weighted by Crippen LogP contribution is -2.49. The number of carbonyl (C=O) groups excluding carboxylic acids is 1. The molecule has 1 amide bonds. The van der Waals surface area contributed by atoms with Gasteiger partial charge in [-0.1, -0.05) is 6.07 Å². The number of amides is 1. The molecule has 0 aliphatic carbocycles. The number of hydrogen-bond donors (Lipinski definition) is 0. The maximum atomic E-state index is 11.6. The van der Waals surface area contributed by atoms with Gasteiger partial charge in [-0.3, -0.25) is 14.7 Å². The van der Waals surface area contributed by atoms with Gasteiger partial charge in [0.1, 0.15) is 6.42 Å². The molecule has 5 heteroatoms. The van der Waals surface area contributed by atoms with Gasteiger partial charge < -0.3 is 4.90 Å². The van der Waals surface area contributed by atoms with E-state index in [1.165, 1.54) is 0 Å². The van der Waals surface area contributed by atoms with Crippen LogP contribution in [-0.4, -0.2) is 46.9 Å². The average molecular weight is 258 g/mol. The summed E-state index contributed by atoms with van der Waals surface area (Å²) in [7, 11) is 0. The van der Waals surface area contributed by atoms with Crippen molar-refractivity contribution in [2.45, 2.75) is 19.4 Å². The number of pyridine rings is 1. The minimum absolute atomic E-state index is 0.0181. The fourth-order valence-electron chi connectivity index (χ4n) is 2.35. The molecule has 1 unspecified atom stereocenters. The van der Waals surface area contributed by atoms with Gasteiger partial charge in [0.25, 0.3) is 0 Å². The maximum absolute atomic E-state index is 11.6. The molecule has 1 aliphatic rings. The number of hydrogen-bond acceptors (Lipinski definition) is 4. The predicted octanol–water partition coefficient (Wildman–Crippen LogP) is 1.20. The molecular weight excluding hydrogens is 240 g/mol. The molecule has 0 bridgehead atoms. The molecule has 2 heterocycles. The van der Waals surface area contributed by atoms with Crippen molar-refractivity contribution in [2.75, 3.05) is 26.2 Å². The Morgan fingerprint density at radius 3 is 2.74 bits per heavy atom. The van der Waals surface area contributed by atoms with Crippen molar-refractivity contribution in [3.05, 3.63) is 30.1 Å². The Kier molecular flexibility index (Phi) is 4.48. The molecular formula is C14H18N4O. The Bertz CT molecular complexity index is 460. The van der Waals surface area contributed by atoms with E-state index >= 15 is 0 Å². The van der Waals surface area contributed by atoms with Crippen LogP contribution in [0.15, 0.2) is 24.4 Å². The lowest BCUT2D eigenvalue weighted by atomic mass is 10.1. The fraction of sp³-hybridized carbons (Fsp3) is 0.500. The number of nitrogens with zero attached hydrogens (tertiary/aromatic N) is 4. The molecule has 2 rings (SSSR count). The van der Waals surface area contributed by atoms with E-state index in [9.17, 15) is 4.79 Å². The maximum Gasteiger partial charge on any atom is 0.236 e. The van der Waals surface area contributed by atoms with Crippen LogP contribution in [0.25, 0.3) is 0 Å². The highest BCUT2D eigenvalue weighted by molar-refractivity contribution is 5.78. The van der Waals surface area contributed by atoms with E-state index in [1.807, 2.05) is 24.3 Å². The van der Waals surface area contributed by atoms with Crippen molar-refractivity contribution in [1.82, 2.24) is 14.8 Å². The van der Waals surface area contributed by atoms with E-state index < -0.39 is 0 Å². The lowest BCUT2D eigenvalue weighted by Gasteiger charge is -2.37. The zero-order valence-electron chi connectivity index (χ0n) is 11.1. The summed E-state index contributed by atoms with van der Waals surface area (Å²) >= 11 is 0. The van der Waals surface area contributed by atoms with Crippen LogP contribution in [0.5, 0.6) is 0 Å². The molecule has 0 spiro atoms. The largest absolute Gasteiger partial charge is 0.339 e. The van der Waals surface area contributed by atoms with Crippen LogP contribution in [0.1, 0.15) is 25.1 Å². The zero-order chi connectivity index (χ0) is 13.7. The molecule has 5 nitrogen and oxygen atoms in total. The minimum Gasteiger partial charge on any atom is -0.339 e. The van der Waals surface area contributed by atoms with Gasteiger partial charge in [0, 0.05) is 38.4 Å². The standard InChI is InChI=1S/C14H18N4O/c1-12(13-4-2-3-7-16-13)17-8-10-18(11-9-17)14(19)5-6-15/h2-4,7,12H,5,8-11H2,1H3. The van der Waals surface area contributed by atoms with Gasteiger partial charge in [-0.15, -0.1) is 0 Å². The van der Waals surface area contributed by atoms with Gasteiger partial charge in [0.05, 0.1) is 11.8 Å². The Labute approximate surface area is 113 Å². The van der Waals surface area contributed by atoms with Gasteiger partial charge in [-0.25, -0.2) is 0 Å². The van der Waals surface area contributed by atoms with Gasteiger partial charge in [-0.2, -0.15) is 5.26 Å². The Morgan fingerprint density at radius 1 is 1.42 bits per heavy atom. The predicted molar refractivity (Wildman–Crippen MR) is 71.0 cm³/mol. The molecule has 1 aliphatic heterocycles. The molecule has 1 atom stereocenters. The summed E-state index contributed by atoms with van der Waals surface area (Å²) < 4.78 is 0. The number of aromatic nitrogens is 1. The van der Waals surface area contributed by atoms with E-state index in [0.29, 0.717) is 13.1 Å². The zero-order valence-corrected chi connectivity index (χ0v) is 11.1. The summed E-state index contributed by atoms with van der Waals surface area (Å²) in [5.74, 6) is -0.0624. The molecule has 0 N–H and O–H groups in total. The second kappa shape index (κ2) is 6.30. The van der Waals surface area contributed by atoms with Crippen LogP contribution in [0.4, 0.5) is 0 Å².